The number of para-hydroxylation sites is 1. The lowest BCUT2D eigenvalue weighted by Crippen LogP contribution is -1.92. The van der Waals surface area contributed by atoms with Crippen molar-refractivity contribution in [2.24, 2.45) is 0 Å². The van der Waals surface area contributed by atoms with E-state index in [0.29, 0.717) is 5.82 Å². The molecule has 102 valence electrons. The standard InChI is InChI=1S/C15H11N5S/c1-2-5-12(6-3-1)20-10-11(9-16-20)14-17-15(19-18-14)13-7-4-8-21-13/h1-10H,(H,17,18,19). The first kappa shape index (κ1) is 12.0. The molecular weight excluding hydrogens is 282 g/mol. The molecule has 3 heterocycles. The van der Waals surface area contributed by atoms with Crippen molar-refractivity contribution in [2.45, 2.75) is 0 Å². The highest BCUT2D eigenvalue weighted by Gasteiger charge is 2.10. The van der Waals surface area contributed by atoms with Crippen LogP contribution in [0.5, 0.6) is 0 Å². The predicted molar refractivity (Wildman–Crippen MR) is 82.3 cm³/mol. The molecule has 0 aliphatic carbocycles. The van der Waals surface area contributed by atoms with Gasteiger partial charge in [-0.1, -0.05) is 24.3 Å². The van der Waals surface area contributed by atoms with Crippen molar-refractivity contribution >= 4 is 11.3 Å². The van der Waals surface area contributed by atoms with Gasteiger partial charge in [0.15, 0.2) is 11.6 Å². The molecule has 21 heavy (non-hydrogen) atoms. The molecular formula is C15H11N5S. The molecule has 0 radical (unpaired) electrons. The minimum absolute atomic E-state index is 0.653. The molecule has 6 heteroatoms. The summed E-state index contributed by atoms with van der Waals surface area (Å²) < 4.78 is 1.82. The van der Waals surface area contributed by atoms with Crippen molar-refractivity contribution < 1.29 is 0 Å². The molecule has 0 aliphatic rings. The van der Waals surface area contributed by atoms with E-state index >= 15 is 0 Å². The molecule has 0 amide bonds. The highest BCUT2D eigenvalue weighted by atomic mass is 32.1. The Morgan fingerprint density at radius 2 is 1.95 bits per heavy atom. The van der Waals surface area contributed by atoms with Crippen LogP contribution in [0.1, 0.15) is 0 Å². The number of H-pyrrole nitrogens is 1. The maximum atomic E-state index is 4.52. The Kier molecular flexibility index (Phi) is 2.86. The van der Waals surface area contributed by atoms with Crippen LogP contribution in [0.4, 0.5) is 0 Å². The number of hydrogen-bond acceptors (Lipinski definition) is 4. The fourth-order valence-electron chi connectivity index (χ4n) is 2.07. The summed E-state index contributed by atoms with van der Waals surface area (Å²) in [6, 6.07) is 14.0. The molecule has 0 fully saturated rings. The fraction of sp³-hybridized carbons (Fsp3) is 0. The summed E-state index contributed by atoms with van der Waals surface area (Å²) >= 11 is 1.63. The number of nitrogens with one attached hydrogen (secondary N) is 1. The van der Waals surface area contributed by atoms with Gasteiger partial charge in [-0.25, -0.2) is 9.67 Å². The van der Waals surface area contributed by atoms with Crippen molar-refractivity contribution in [3.63, 3.8) is 0 Å². The summed E-state index contributed by atoms with van der Waals surface area (Å²) in [6.45, 7) is 0. The van der Waals surface area contributed by atoms with Gasteiger partial charge in [0.1, 0.15) is 0 Å². The quantitative estimate of drug-likeness (QED) is 0.630. The minimum atomic E-state index is 0.653. The summed E-state index contributed by atoms with van der Waals surface area (Å²) in [6.07, 6.45) is 3.70. The molecule has 5 nitrogen and oxygen atoms in total. The predicted octanol–water partition coefficient (Wildman–Crippen LogP) is 3.39. The van der Waals surface area contributed by atoms with Crippen molar-refractivity contribution in [2.75, 3.05) is 0 Å². The van der Waals surface area contributed by atoms with Gasteiger partial charge in [0.2, 0.25) is 0 Å². The number of aromatic amines is 1. The lowest BCUT2D eigenvalue weighted by atomic mass is 10.3. The molecule has 0 spiro atoms. The molecule has 0 atom stereocenters. The topological polar surface area (TPSA) is 59.4 Å². The van der Waals surface area contributed by atoms with Crippen LogP contribution in [-0.4, -0.2) is 25.0 Å². The third-order valence-electron chi connectivity index (χ3n) is 3.10. The van der Waals surface area contributed by atoms with Gasteiger partial charge < -0.3 is 0 Å². The van der Waals surface area contributed by atoms with E-state index in [9.17, 15) is 0 Å². The first-order valence-corrected chi connectivity index (χ1v) is 7.35. The zero-order valence-electron chi connectivity index (χ0n) is 11.0. The molecule has 0 saturated heterocycles. The number of thiophene rings is 1. The Bertz CT molecular complexity index is 845. The third kappa shape index (κ3) is 2.25. The van der Waals surface area contributed by atoms with E-state index in [1.165, 1.54) is 0 Å². The second kappa shape index (κ2) is 4.99. The molecule has 0 bridgehead atoms. The normalized spacial score (nSPS) is 10.9. The zero-order valence-corrected chi connectivity index (χ0v) is 11.8. The Balaban J connectivity index is 1.67. The van der Waals surface area contributed by atoms with Gasteiger partial charge in [-0.05, 0) is 23.6 Å². The summed E-state index contributed by atoms with van der Waals surface area (Å²) in [4.78, 5) is 5.59. The number of benzene rings is 1. The molecule has 0 aliphatic heterocycles. The number of aromatic nitrogens is 5. The van der Waals surface area contributed by atoms with E-state index < -0.39 is 0 Å². The Morgan fingerprint density at radius 1 is 1.05 bits per heavy atom. The molecule has 3 aromatic heterocycles. The average molecular weight is 293 g/mol. The van der Waals surface area contributed by atoms with Crippen molar-refractivity contribution in [1.29, 1.82) is 0 Å². The molecule has 4 aromatic rings. The fourth-order valence-corrected chi connectivity index (χ4v) is 2.74. The van der Waals surface area contributed by atoms with Crippen LogP contribution < -0.4 is 0 Å². The first-order chi connectivity index (χ1) is 10.4. The van der Waals surface area contributed by atoms with Crippen LogP contribution in [0.25, 0.3) is 27.8 Å². The summed E-state index contributed by atoms with van der Waals surface area (Å²) in [5.41, 5.74) is 1.90. The smallest absolute Gasteiger partial charge is 0.184 e. The first-order valence-electron chi connectivity index (χ1n) is 6.47. The highest BCUT2D eigenvalue weighted by molar-refractivity contribution is 7.13. The van der Waals surface area contributed by atoms with Crippen molar-refractivity contribution in [3.8, 4) is 27.8 Å². The van der Waals surface area contributed by atoms with Crippen LogP contribution in [0, 0.1) is 0 Å². The Hall–Kier alpha value is -2.73. The average Bonchev–Trinajstić information content (AvgIpc) is 3.27. The van der Waals surface area contributed by atoms with E-state index in [-0.39, 0.29) is 0 Å². The molecule has 0 unspecified atom stereocenters. The van der Waals surface area contributed by atoms with E-state index in [2.05, 4.69) is 20.3 Å². The second-order valence-corrected chi connectivity index (χ2v) is 5.44. The second-order valence-electron chi connectivity index (χ2n) is 4.49. The van der Waals surface area contributed by atoms with E-state index in [1.807, 2.05) is 58.7 Å². The van der Waals surface area contributed by atoms with Gasteiger partial charge in [0.25, 0.3) is 0 Å². The summed E-state index contributed by atoms with van der Waals surface area (Å²) in [5, 5.41) is 13.6. The third-order valence-corrected chi connectivity index (χ3v) is 3.98. The van der Waals surface area contributed by atoms with E-state index in [4.69, 9.17) is 0 Å². The van der Waals surface area contributed by atoms with Gasteiger partial charge in [-0.3, -0.25) is 5.10 Å². The lowest BCUT2D eigenvalue weighted by Gasteiger charge is -1.98. The van der Waals surface area contributed by atoms with Gasteiger partial charge >= 0.3 is 0 Å². The number of rotatable bonds is 3. The number of hydrogen-bond donors (Lipinski definition) is 1. The molecule has 1 aromatic carbocycles. The molecule has 0 saturated carbocycles. The van der Waals surface area contributed by atoms with Crippen LogP contribution in [-0.2, 0) is 0 Å². The Labute approximate surface area is 124 Å². The van der Waals surface area contributed by atoms with Crippen LogP contribution in [0.15, 0.2) is 60.2 Å². The van der Waals surface area contributed by atoms with Crippen molar-refractivity contribution in [3.05, 3.63) is 60.2 Å². The monoisotopic (exact) mass is 293 g/mol. The maximum Gasteiger partial charge on any atom is 0.184 e. The molecule has 4 rings (SSSR count). The van der Waals surface area contributed by atoms with Gasteiger partial charge in [-0.15, -0.1) is 11.3 Å². The lowest BCUT2D eigenvalue weighted by molar-refractivity contribution is 0.880. The van der Waals surface area contributed by atoms with E-state index in [1.54, 1.807) is 17.5 Å². The largest absolute Gasteiger partial charge is 0.258 e. The van der Waals surface area contributed by atoms with Gasteiger partial charge in [-0.2, -0.15) is 10.2 Å². The van der Waals surface area contributed by atoms with Crippen LogP contribution in [0.3, 0.4) is 0 Å². The van der Waals surface area contributed by atoms with Crippen molar-refractivity contribution in [1.82, 2.24) is 25.0 Å². The summed E-state index contributed by atoms with van der Waals surface area (Å²) in [5.74, 6) is 1.44. The zero-order chi connectivity index (χ0) is 14.1. The van der Waals surface area contributed by atoms with Gasteiger partial charge in [0.05, 0.1) is 22.3 Å². The van der Waals surface area contributed by atoms with E-state index in [0.717, 1.165) is 22.0 Å². The van der Waals surface area contributed by atoms with Crippen LogP contribution in [0.2, 0.25) is 0 Å². The summed E-state index contributed by atoms with van der Waals surface area (Å²) in [7, 11) is 0. The molecule has 1 N–H and O–H groups in total. The SMILES string of the molecule is c1ccc(-n2cc(-c3n[nH]c(-c4cccs4)n3)cn2)cc1. The van der Waals surface area contributed by atoms with Gasteiger partial charge in [0, 0.05) is 6.20 Å². The highest BCUT2D eigenvalue weighted by Crippen LogP contribution is 2.23. The Morgan fingerprint density at radius 3 is 2.76 bits per heavy atom. The van der Waals surface area contributed by atoms with Crippen LogP contribution >= 0.6 is 11.3 Å². The minimum Gasteiger partial charge on any atom is -0.258 e. The maximum absolute atomic E-state index is 4.52. The number of nitrogens with zero attached hydrogens (tertiary/aromatic N) is 4.